The van der Waals surface area contributed by atoms with Crippen LogP contribution in [-0.2, 0) is 6.42 Å². The van der Waals surface area contributed by atoms with E-state index in [9.17, 15) is 0 Å². The average Bonchev–Trinajstić information content (AvgIpc) is 2.82. The van der Waals surface area contributed by atoms with Gasteiger partial charge in [0.25, 0.3) is 0 Å². The van der Waals surface area contributed by atoms with Gasteiger partial charge in [0, 0.05) is 12.6 Å². The number of hydrogen-bond acceptors (Lipinski definition) is 3. The normalized spacial score (nSPS) is 20.4. The summed E-state index contributed by atoms with van der Waals surface area (Å²) < 4.78 is 0. The number of aryl methyl sites for hydroxylation is 2. The Bertz CT molecular complexity index is 526. The molecule has 0 saturated carbocycles. The molecule has 4 heteroatoms. The quantitative estimate of drug-likeness (QED) is 0.870. The standard InChI is InChI=1S/C14H20N4/c1-10-6-8-16-14-13(10)17-12(18-14)5-4-11-3-2-7-15-9-11/h6,8,11,15H,2-5,7,9H2,1H3,(H,16,17,18). The van der Waals surface area contributed by atoms with Crippen LogP contribution in [-0.4, -0.2) is 28.0 Å². The van der Waals surface area contributed by atoms with E-state index in [0.717, 1.165) is 35.9 Å². The molecule has 0 bridgehead atoms. The van der Waals surface area contributed by atoms with Gasteiger partial charge in [0.15, 0.2) is 5.65 Å². The van der Waals surface area contributed by atoms with Crippen molar-refractivity contribution in [3.8, 4) is 0 Å². The fourth-order valence-corrected chi connectivity index (χ4v) is 2.71. The molecule has 96 valence electrons. The Morgan fingerprint density at radius 2 is 2.39 bits per heavy atom. The highest BCUT2D eigenvalue weighted by atomic mass is 15.0. The van der Waals surface area contributed by atoms with Gasteiger partial charge < -0.3 is 10.3 Å². The van der Waals surface area contributed by atoms with Crippen LogP contribution in [0.15, 0.2) is 12.3 Å². The second kappa shape index (κ2) is 5.06. The lowest BCUT2D eigenvalue weighted by Crippen LogP contribution is -2.29. The van der Waals surface area contributed by atoms with E-state index in [2.05, 4.69) is 27.2 Å². The third kappa shape index (κ3) is 2.38. The smallest absolute Gasteiger partial charge is 0.177 e. The third-order valence-corrected chi connectivity index (χ3v) is 3.84. The van der Waals surface area contributed by atoms with Gasteiger partial charge >= 0.3 is 0 Å². The Morgan fingerprint density at radius 3 is 3.17 bits per heavy atom. The van der Waals surface area contributed by atoms with Crippen molar-refractivity contribution in [1.82, 2.24) is 20.3 Å². The summed E-state index contributed by atoms with van der Waals surface area (Å²) >= 11 is 0. The molecular formula is C14H20N4. The lowest BCUT2D eigenvalue weighted by atomic mass is 9.95. The number of imidazole rings is 1. The number of nitrogens with zero attached hydrogens (tertiary/aromatic N) is 2. The molecule has 4 nitrogen and oxygen atoms in total. The summed E-state index contributed by atoms with van der Waals surface area (Å²) in [6, 6.07) is 2.02. The maximum absolute atomic E-state index is 4.57. The number of hydrogen-bond donors (Lipinski definition) is 2. The molecule has 1 unspecified atom stereocenters. The fraction of sp³-hybridized carbons (Fsp3) is 0.571. The number of fused-ring (bicyclic) bond motifs is 1. The van der Waals surface area contributed by atoms with Crippen molar-refractivity contribution < 1.29 is 0 Å². The molecular weight excluding hydrogens is 224 g/mol. The summed E-state index contributed by atoms with van der Waals surface area (Å²) in [4.78, 5) is 12.3. The Balaban J connectivity index is 1.69. The van der Waals surface area contributed by atoms with Crippen molar-refractivity contribution in [2.75, 3.05) is 13.1 Å². The van der Waals surface area contributed by atoms with Crippen LogP contribution in [0.2, 0.25) is 0 Å². The third-order valence-electron chi connectivity index (χ3n) is 3.84. The molecule has 2 aromatic heterocycles. The molecule has 2 N–H and O–H groups in total. The minimum absolute atomic E-state index is 0.806. The molecule has 18 heavy (non-hydrogen) atoms. The lowest BCUT2D eigenvalue weighted by Gasteiger charge is -2.22. The van der Waals surface area contributed by atoms with Crippen LogP contribution >= 0.6 is 0 Å². The summed E-state index contributed by atoms with van der Waals surface area (Å²) in [5, 5.41) is 3.46. The predicted molar refractivity (Wildman–Crippen MR) is 72.5 cm³/mol. The van der Waals surface area contributed by atoms with Crippen LogP contribution in [0, 0.1) is 12.8 Å². The number of piperidine rings is 1. The molecule has 1 aliphatic rings. The van der Waals surface area contributed by atoms with E-state index < -0.39 is 0 Å². The van der Waals surface area contributed by atoms with Crippen molar-refractivity contribution in [1.29, 1.82) is 0 Å². The first-order valence-corrected chi connectivity index (χ1v) is 6.84. The molecule has 0 aromatic carbocycles. The van der Waals surface area contributed by atoms with Crippen LogP contribution < -0.4 is 5.32 Å². The summed E-state index contributed by atoms with van der Waals surface area (Å²) in [6.45, 7) is 4.44. The highest BCUT2D eigenvalue weighted by Gasteiger charge is 2.14. The first-order valence-electron chi connectivity index (χ1n) is 6.84. The molecule has 3 heterocycles. The zero-order valence-electron chi connectivity index (χ0n) is 10.9. The Labute approximate surface area is 107 Å². The van der Waals surface area contributed by atoms with E-state index >= 15 is 0 Å². The van der Waals surface area contributed by atoms with Gasteiger partial charge in [-0.3, -0.25) is 0 Å². The topological polar surface area (TPSA) is 53.6 Å². The van der Waals surface area contributed by atoms with E-state index in [-0.39, 0.29) is 0 Å². The van der Waals surface area contributed by atoms with Crippen molar-refractivity contribution in [3.05, 3.63) is 23.7 Å². The molecule has 1 aliphatic heterocycles. The van der Waals surface area contributed by atoms with Gasteiger partial charge in [-0.1, -0.05) is 0 Å². The van der Waals surface area contributed by atoms with Crippen molar-refractivity contribution in [3.63, 3.8) is 0 Å². The minimum atomic E-state index is 0.806. The van der Waals surface area contributed by atoms with E-state index in [1.54, 1.807) is 0 Å². The zero-order chi connectivity index (χ0) is 12.4. The first kappa shape index (κ1) is 11.7. The highest BCUT2D eigenvalue weighted by molar-refractivity contribution is 5.74. The van der Waals surface area contributed by atoms with E-state index in [4.69, 9.17) is 0 Å². The van der Waals surface area contributed by atoms with Gasteiger partial charge in [-0.2, -0.15) is 0 Å². The first-order chi connectivity index (χ1) is 8.83. The van der Waals surface area contributed by atoms with Crippen LogP contribution in [0.25, 0.3) is 11.2 Å². The maximum atomic E-state index is 4.57. The van der Waals surface area contributed by atoms with Gasteiger partial charge in [0.2, 0.25) is 0 Å². The van der Waals surface area contributed by atoms with Gasteiger partial charge in [0.05, 0.1) is 5.52 Å². The van der Waals surface area contributed by atoms with Gasteiger partial charge in [-0.25, -0.2) is 9.97 Å². The fourth-order valence-electron chi connectivity index (χ4n) is 2.71. The van der Waals surface area contributed by atoms with Crippen LogP contribution in [0.4, 0.5) is 0 Å². The number of aromatic nitrogens is 3. The molecule has 1 fully saturated rings. The van der Waals surface area contributed by atoms with Crippen LogP contribution in [0.1, 0.15) is 30.7 Å². The van der Waals surface area contributed by atoms with Gasteiger partial charge in [-0.05, 0) is 56.8 Å². The van der Waals surface area contributed by atoms with Crippen molar-refractivity contribution in [2.24, 2.45) is 5.92 Å². The Morgan fingerprint density at radius 1 is 1.44 bits per heavy atom. The van der Waals surface area contributed by atoms with Crippen LogP contribution in [0.3, 0.4) is 0 Å². The number of nitrogens with one attached hydrogen (secondary N) is 2. The van der Waals surface area contributed by atoms with E-state index in [1.807, 2.05) is 12.3 Å². The van der Waals surface area contributed by atoms with Crippen LogP contribution in [0.5, 0.6) is 0 Å². The largest absolute Gasteiger partial charge is 0.340 e. The van der Waals surface area contributed by atoms with Crippen molar-refractivity contribution >= 4 is 11.2 Å². The molecule has 0 spiro atoms. The minimum Gasteiger partial charge on any atom is -0.340 e. The Hall–Kier alpha value is -1.42. The number of rotatable bonds is 3. The summed E-state index contributed by atoms with van der Waals surface area (Å²) in [5.74, 6) is 1.89. The molecule has 0 radical (unpaired) electrons. The number of pyridine rings is 1. The van der Waals surface area contributed by atoms with E-state index in [0.29, 0.717) is 0 Å². The van der Waals surface area contributed by atoms with Gasteiger partial charge in [0.1, 0.15) is 5.82 Å². The van der Waals surface area contributed by atoms with Crippen molar-refractivity contribution in [2.45, 2.75) is 32.6 Å². The SMILES string of the molecule is Cc1ccnc2nc(CCC3CCCNC3)[nH]c12. The second-order valence-corrected chi connectivity index (χ2v) is 5.26. The molecule has 0 amide bonds. The molecule has 0 aliphatic carbocycles. The van der Waals surface area contributed by atoms with Gasteiger partial charge in [-0.15, -0.1) is 0 Å². The number of H-pyrrole nitrogens is 1. The average molecular weight is 244 g/mol. The molecule has 1 atom stereocenters. The molecule has 2 aromatic rings. The monoisotopic (exact) mass is 244 g/mol. The lowest BCUT2D eigenvalue weighted by molar-refractivity contribution is 0.356. The number of aromatic amines is 1. The zero-order valence-corrected chi connectivity index (χ0v) is 10.9. The highest BCUT2D eigenvalue weighted by Crippen LogP contribution is 2.18. The van der Waals surface area contributed by atoms with E-state index in [1.165, 1.54) is 31.4 Å². The summed E-state index contributed by atoms with van der Waals surface area (Å²) in [6.07, 6.45) is 6.73. The predicted octanol–water partition coefficient (Wildman–Crippen LogP) is 2.20. The summed E-state index contributed by atoms with van der Waals surface area (Å²) in [5.41, 5.74) is 3.17. The molecule has 3 rings (SSSR count). The maximum Gasteiger partial charge on any atom is 0.177 e. The Kier molecular flexibility index (Phi) is 3.28. The second-order valence-electron chi connectivity index (χ2n) is 5.26. The summed E-state index contributed by atoms with van der Waals surface area (Å²) in [7, 11) is 0. The molecule has 1 saturated heterocycles.